The lowest BCUT2D eigenvalue weighted by Crippen LogP contribution is -2.48. The van der Waals surface area contributed by atoms with E-state index < -0.39 is 0 Å². The van der Waals surface area contributed by atoms with Crippen molar-refractivity contribution in [1.29, 1.82) is 0 Å². The first-order chi connectivity index (χ1) is 13.5. The summed E-state index contributed by atoms with van der Waals surface area (Å²) in [5, 5.41) is 2.79. The van der Waals surface area contributed by atoms with Gasteiger partial charge in [-0.3, -0.25) is 24.3 Å². The second-order valence-corrected chi connectivity index (χ2v) is 6.97. The number of hydrogen-bond donors (Lipinski definition) is 1. The van der Waals surface area contributed by atoms with E-state index in [0.29, 0.717) is 50.1 Å². The molecule has 1 aromatic carbocycles. The highest BCUT2D eigenvalue weighted by molar-refractivity contribution is 6.19. The molecule has 9 heteroatoms. The Bertz CT molecular complexity index is 847. The Morgan fingerprint density at radius 1 is 1.18 bits per heavy atom. The fraction of sp³-hybridized carbons (Fsp3) is 0.474. The summed E-state index contributed by atoms with van der Waals surface area (Å²) in [4.78, 5) is 46.7. The lowest BCUT2D eigenvalue weighted by atomic mass is 10.1. The van der Waals surface area contributed by atoms with Gasteiger partial charge in [-0.2, -0.15) is 0 Å². The van der Waals surface area contributed by atoms with Crippen LogP contribution in [0.3, 0.4) is 0 Å². The van der Waals surface area contributed by atoms with Gasteiger partial charge in [-0.15, -0.1) is 0 Å². The smallest absolute Gasteiger partial charge is 0.262 e. The molecule has 3 amide bonds. The number of nitrogens with zero attached hydrogens (tertiary/aromatic N) is 4. The summed E-state index contributed by atoms with van der Waals surface area (Å²) in [6.07, 6.45) is 0.260. The summed E-state index contributed by atoms with van der Waals surface area (Å²) in [7, 11) is 1.70. The second kappa shape index (κ2) is 7.59. The van der Waals surface area contributed by atoms with Gasteiger partial charge in [0.05, 0.1) is 31.0 Å². The minimum absolute atomic E-state index is 0.0402. The van der Waals surface area contributed by atoms with E-state index in [2.05, 4.69) is 10.3 Å². The van der Waals surface area contributed by atoms with Crippen LogP contribution in [0, 0.1) is 0 Å². The van der Waals surface area contributed by atoms with Crippen molar-refractivity contribution in [3.63, 3.8) is 0 Å². The number of ether oxygens (including phenoxy) is 1. The number of guanidine groups is 1. The van der Waals surface area contributed by atoms with Crippen LogP contribution in [0.15, 0.2) is 23.2 Å². The van der Waals surface area contributed by atoms with Crippen LogP contribution in [0.2, 0.25) is 0 Å². The standard InChI is InChI=1S/C19H23N5O4/c1-22-18(27)14-12-13(2-3-15(14)24-7-6-20-19(22)24)21-16(25)4-5-17(26)23-8-10-28-11-9-23/h2-3,12H,4-11H2,1H3,(H,21,25). The van der Waals surface area contributed by atoms with Crippen molar-refractivity contribution >= 4 is 35.1 Å². The van der Waals surface area contributed by atoms with Gasteiger partial charge < -0.3 is 19.9 Å². The van der Waals surface area contributed by atoms with Crippen LogP contribution in [0.1, 0.15) is 23.2 Å². The molecule has 0 unspecified atom stereocenters. The monoisotopic (exact) mass is 385 g/mol. The molecule has 9 nitrogen and oxygen atoms in total. The minimum atomic E-state index is -0.249. The molecule has 0 saturated carbocycles. The molecule has 0 atom stereocenters. The SMILES string of the molecule is CN1C(=O)c2cc(NC(=O)CCC(=O)N3CCOCC3)ccc2N2CCN=C12. The maximum Gasteiger partial charge on any atom is 0.262 e. The van der Waals surface area contributed by atoms with Gasteiger partial charge in [0.25, 0.3) is 5.91 Å². The highest BCUT2D eigenvalue weighted by atomic mass is 16.5. The minimum Gasteiger partial charge on any atom is -0.378 e. The van der Waals surface area contributed by atoms with Gasteiger partial charge in [0, 0.05) is 45.2 Å². The first-order valence-corrected chi connectivity index (χ1v) is 9.44. The highest BCUT2D eigenvalue weighted by Crippen LogP contribution is 2.32. The number of anilines is 2. The van der Waals surface area contributed by atoms with Crippen LogP contribution in [0.4, 0.5) is 11.4 Å². The summed E-state index contributed by atoms with van der Waals surface area (Å²) in [6, 6.07) is 5.29. The van der Waals surface area contributed by atoms with Gasteiger partial charge in [0.1, 0.15) is 0 Å². The first kappa shape index (κ1) is 18.4. The zero-order valence-corrected chi connectivity index (χ0v) is 15.8. The molecule has 1 aromatic rings. The van der Waals surface area contributed by atoms with E-state index >= 15 is 0 Å². The number of morpholine rings is 1. The van der Waals surface area contributed by atoms with Crippen LogP contribution >= 0.6 is 0 Å². The molecule has 3 aliphatic heterocycles. The van der Waals surface area contributed by atoms with Crippen LogP contribution in [-0.4, -0.2) is 79.9 Å². The molecule has 0 bridgehead atoms. The molecular formula is C19H23N5O4. The van der Waals surface area contributed by atoms with Gasteiger partial charge in [-0.1, -0.05) is 0 Å². The predicted octanol–water partition coefficient (Wildman–Crippen LogP) is 0.526. The molecule has 1 fully saturated rings. The Kier molecular flexibility index (Phi) is 4.99. The number of nitrogens with one attached hydrogen (secondary N) is 1. The molecule has 28 heavy (non-hydrogen) atoms. The number of fused-ring (bicyclic) bond motifs is 3. The number of benzene rings is 1. The molecule has 3 heterocycles. The van der Waals surface area contributed by atoms with Crippen molar-refractivity contribution in [2.75, 3.05) is 56.7 Å². The topological polar surface area (TPSA) is 94.5 Å². The molecule has 0 aliphatic carbocycles. The lowest BCUT2D eigenvalue weighted by Gasteiger charge is -2.33. The predicted molar refractivity (Wildman–Crippen MR) is 103 cm³/mol. The summed E-state index contributed by atoms with van der Waals surface area (Å²) >= 11 is 0. The number of amides is 3. The molecule has 0 aromatic heterocycles. The highest BCUT2D eigenvalue weighted by Gasteiger charge is 2.35. The Labute approximate surface area is 162 Å². The van der Waals surface area contributed by atoms with Gasteiger partial charge >= 0.3 is 0 Å². The number of aliphatic imine (C=N–C) groups is 1. The van der Waals surface area contributed by atoms with E-state index in [0.717, 1.165) is 12.2 Å². The molecule has 0 radical (unpaired) electrons. The van der Waals surface area contributed by atoms with Crippen molar-refractivity contribution in [1.82, 2.24) is 9.80 Å². The molecular weight excluding hydrogens is 362 g/mol. The second-order valence-electron chi connectivity index (χ2n) is 6.97. The molecule has 1 N–H and O–H groups in total. The van der Waals surface area contributed by atoms with E-state index in [1.165, 1.54) is 4.90 Å². The Morgan fingerprint density at radius 3 is 2.75 bits per heavy atom. The van der Waals surface area contributed by atoms with Gasteiger partial charge in [0.2, 0.25) is 17.8 Å². The third-order valence-corrected chi connectivity index (χ3v) is 5.15. The van der Waals surface area contributed by atoms with Crippen LogP contribution in [0.25, 0.3) is 0 Å². The fourth-order valence-corrected chi connectivity index (χ4v) is 3.66. The first-order valence-electron chi connectivity index (χ1n) is 9.44. The maximum absolute atomic E-state index is 12.6. The maximum atomic E-state index is 12.6. The number of carbonyl (C=O) groups excluding carboxylic acids is 3. The van der Waals surface area contributed by atoms with E-state index in [9.17, 15) is 14.4 Å². The third-order valence-electron chi connectivity index (χ3n) is 5.15. The molecule has 0 spiro atoms. The van der Waals surface area contributed by atoms with Gasteiger partial charge in [-0.05, 0) is 18.2 Å². The van der Waals surface area contributed by atoms with Crippen LogP contribution in [0.5, 0.6) is 0 Å². The van der Waals surface area contributed by atoms with Crippen molar-refractivity contribution in [3.8, 4) is 0 Å². The lowest BCUT2D eigenvalue weighted by molar-refractivity contribution is -0.136. The Hall–Kier alpha value is -2.94. The van der Waals surface area contributed by atoms with E-state index in [4.69, 9.17) is 4.74 Å². The van der Waals surface area contributed by atoms with Gasteiger partial charge in [0.15, 0.2) is 0 Å². The Morgan fingerprint density at radius 2 is 1.96 bits per heavy atom. The molecule has 1 saturated heterocycles. The van der Waals surface area contributed by atoms with E-state index in [1.807, 2.05) is 11.0 Å². The average molecular weight is 385 g/mol. The largest absolute Gasteiger partial charge is 0.378 e. The van der Waals surface area contributed by atoms with Crippen molar-refractivity contribution in [2.45, 2.75) is 12.8 Å². The number of hydrogen-bond acceptors (Lipinski definition) is 6. The van der Waals surface area contributed by atoms with E-state index in [1.54, 1.807) is 24.1 Å². The Balaban J connectivity index is 1.39. The fourth-order valence-electron chi connectivity index (χ4n) is 3.66. The average Bonchev–Trinajstić information content (AvgIpc) is 3.21. The van der Waals surface area contributed by atoms with Crippen LogP contribution < -0.4 is 10.2 Å². The summed E-state index contributed by atoms with van der Waals surface area (Å²) in [5.41, 5.74) is 1.88. The van der Waals surface area contributed by atoms with Gasteiger partial charge in [-0.25, -0.2) is 0 Å². The summed E-state index contributed by atoms with van der Waals surface area (Å²) in [5.74, 6) is 0.226. The number of rotatable bonds is 4. The quantitative estimate of drug-likeness (QED) is 0.816. The van der Waals surface area contributed by atoms with Crippen molar-refractivity contribution in [2.24, 2.45) is 4.99 Å². The van der Waals surface area contributed by atoms with Crippen molar-refractivity contribution < 1.29 is 19.1 Å². The zero-order valence-electron chi connectivity index (χ0n) is 15.8. The molecule has 4 rings (SSSR count). The summed E-state index contributed by atoms with van der Waals surface area (Å²) in [6.45, 7) is 3.61. The molecule has 3 aliphatic rings. The third kappa shape index (κ3) is 3.45. The summed E-state index contributed by atoms with van der Waals surface area (Å²) < 4.78 is 5.23. The van der Waals surface area contributed by atoms with Crippen molar-refractivity contribution in [3.05, 3.63) is 23.8 Å². The number of carbonyl (C=O) groups is 3. The normalized spacial score (nSPS) is 18.5. The van der Waals surface area contributed by atoms with Crippen LogP contribution in [-0.2, 0) is 14.3 Å². The van der Waals surface area contributed by atoms with E-state index in [-0.39, 0.29) is 30.6 Å². The molecule has 148 valence electrons. The zero-order chi connectivity index (χ0) is 19.7.